The zero-order valence-corrected chi connectivity index (χ0v) is 15.3. The lowest BCUT2D eigenvalue weighted by molar-refractivity contribution is -0.163. The Morgan fingerprint density at radius 2 is 1.83 bits per heavy atom. The molecule has 6 nitrogen and oxygen atoms in total. The molecule has 2 atom stereocenters. The fraction of sp³-hybridized carbons (Fsp3) is 0.529. The Labute approximate surface area is 143 Å². The third-order valence-corrected chi connectivity index (χ3v) is 3.70. The van der Waals surface area contributed by atoms with E-state index in [1.807, 2.05) is 30.3 Å². The van der Waals surface area contributed by atoms with Crippen molar-refractivity contribution in [1.29, 1.82) is 5.41 Å². The molecule has 1 N–H and O–H groups in total. The van der Waals surface area contributed by atoms with Crippen LogP contribution in [0.25, 0.3) is 0 Å². The largest absolute Gasteiger partial charge is 0.460 e. The van der Waals surface area contributed by atoms with Gasteiger partial charge in [0, 0.05) is 6.42 Å². The average Bonchev–Trinajstić information content (AvgIpc) is 2.42. The topological polar surface area (TPSA) is 93.5 Å². The summed E-state index contributed by atoms with van der Waals surface area (Å²) in [5.74, 6) is -1.37. The van der Waals surface area contributed by atoms with Gasteiger partial charge in [-0.25, -0.2) is 0 Å². The van der Waals surface area contributed by atoms with Gasteiger partial charge in [-0.05, 0) is 39.0 Å². The molecule has 0 aromatic heterocycles. The fourth-order valence-electron chi connectivity index (χ4n) is 2.22. The Kier molecular flexibility index (Phi) is 7.10. The van der Waals surface area contributed by atoms with Crippen molar-refractivity contribution in [3.63, 3.8) is 0 Å². The van der Waals surface area contributed by atoms with Crippen molar-refractivity contribution in [2.75, 3.05) is 6.26 Å². The van der Waals surface area contributed by atoms with Crippen LogP contribution in [0.15, 0.2) is 30.3 Å². The van der Waals surface area contributed by atoms with Crippen LogP contribution < -0.4 is 0 Å². The molecule has 0 saturated carbocycles. The zero-order chi connectivity index (χ0) is 18.4. The Morgan fingerprint density at radius 3 is 2.29 bits per heavy atom. The van der Waals surface area contributed by atoms with Crippen molar-refractivity contribution >= 4 is 22.3 Å². The number of esters is 1. The van der Waals surface area contributed by atoms with Crippen LogP contribution >= 0.6 is 0 Å². The molecule has 1 aromatic rings. The van der Waals surface area contributed by atoms with Gasteiger partial charge in [0.15, 0.2) is 0 Å². The molecule has 0 radical (unpaired) electrons. The summed E-state index contributed by atoms with van der Waals surface area (Å²) < 4.78 is 33.6. The minimum atomic E-state index is -3.77. The van der Waals surface area contributed by atoms with E-state index in [1.54, 1.807) is 20.8 Å². The summed E-state index contributed by atoms with van der Waals surface area (Å²) in [7, 11) is -3.77. The SMILES string of the molecule is CC(C)(C)OC(=O)C(Cc1ccccc1)C(CC=N)OS(C)(=O)=O. The second-order valence-electron chi connectivity index (χ2n) is 6.61. The summed E-state index contributed by atoms with van der Waals surface area (Å²) >= 11 is 0. The zero-order valence-electron chi connectivity index (χ0n) is 14.5. The second kappa shape index (κ2) is 8.39. The monoisotopic (exact) mass is 355 g/mol. The number of carbonyl (C=O) groups is 1. The number of hydrogen-bond donors (Lipinski definition) is 1. The molecular weight excluding hydrogens is 330 g/mol. The summed E-state index contributed by atoms with van der Waals surface area (Å²) in [6, 6.07) is 9.22. The lowest BCUT2D eigenvalue weighted by atomic mass is 9.92. The maximum absolute atomic E-state index is 12.6. The van der Waals surface area contributed by atoms with Gasteiger partial charge in [0.05, 0.1) is 18.3 Å². The van der Waals surface area contributed by atoms with Gasteiger partial charge in [-0.2, -0.15) is 8.42 Å². The van der Waals surface area contributed by atoms with Crippen molar-refractivity contribution < 1.29 is 22.1 Å². The second-order valence-corrected chi connectivity index (χ2v) is 8.21. The quantitative estimate of drug-likeness (QED) is 0.439. The molecule has 0 saturated heterocycles. The highest BCUT2D eigenvalue weighted by Gasteiger charge is 2.34. The summed E-state index contributed by atoms with van der Waals surface area (Å²) in [6.07, 6.45) is 1.26. The van der Waals surface area contributed by atoms with Crippen LogP contribution in [0.1, 0.15) is 32.8 Å². The van der Waals surface area contributed by atoms with Crippen molar-refractivity contribution in [3.8, 4) is 0 Å². The van der Waals surface area contributed by atoms with Gasteiger partial charge in [-0.3, -0.25) is 8.98 Å². The van der Waals surface area contributed by atoms with Gasteiger partial charge in [0.25, 0.3) is 10.1 Å². The van der Waals surface area contributed by atoms with E-state index >= 15 is 0 Å². The molecule has 24 heavy (non-hydrogen) atoms. The summed E-state index contributed by atoms with van der Waals surface area (Å²) in [4.78, 5) is 12.6. The summed E-state index contributed by atoms with van der Waals surface area (Å²) in [5, 5.41) is 7.28. The van der Waals surface area contributed by atoms with E-state index in [2.05, 4.69) is 0 Å². The standard InChI is InChI=1S/C17H25NO5S/c1-17(2,3)22-16(19)14(12-13-8-6-5-7-9-13)15(10-11-18)23-24(4,20)21/h5-9,11,14-15,18H,10,12H2,1-4H3. The number of carbonyl (C=O) groups excluding carboxylic acids is 1. The molecule has 1 aromatic carbocycles. The van der Waals surface area contributed by atoms with Crippen LogP contribution in [0.5, 0.6) is 0 Å². The molecule has 0 amide bonds. The molecule has 1 rings (SSSR count). The lowest BCUT2D eigenvalue weighted by Crippen LogP contribution is -2.38. The van der Waals surface area contributed by atoms with E-state index in [0.717, 1.165) is 18.0 Å². The maximum atomic E-state index is 12.6. The van der Waals surface area contributed by atoms with Gasteiger partial charge >= 0.3 is 5.97 Å². The van der Waals surface area contributed by atoms with Crippen molar-refractivity contribution in [1.82, 2.24) is 0 Å². The molecule has 2 unspecified atom stereocenters. The highest BCUT2D eigenvalue weighted by Crippen LogP contribution is 2.23. The minimum Gasteiger partial charge on any atom is -0.460 e. The van der Waals surface area contributed by atoms with Crippen molar-refractivity contribution in [3.05, 3.63) is 35.9 Å². The Morgan fingerprint density at radius 1 is 1.25 bits per heavy atom. The van der Waals surface area contributed by atoms with Crippen LogP contribution in [0.3, 0.4) is 0 Å². The van der Waals surface area contributed by atoms with Gasteiger partial charge in [0.2, 0.25) is 0 Å². The number of hydrogen-bond acceptors (Lipinski definition) is 6. The summed E-state index contributed by atoms with van der Waals surface area (Å²) in [5.41, 5.74) is 0.159. The van der Waals surface area contributed by atoms with E-state index in [-0.39, 0.29) is 12.8 Å². The first kappa shape index (κ1) is 20.3. The Hall–Kier alpha value is -1.73. The number of benzene rings is 1. The molecule has 134 valence electrons. The van der Waals surface area contributed by atoms with E-state index in [1.165, 1.54) is 0 Å². The predicted molar refractivity (Wildman–Crippen MR) is 92.6 cm³/mol. The van der Waals surface area contributed by atoms with Crippen LogP contribution in [0, 0.1) is 11.3 Å². The van der Waals surface area contributed by atoms with Crippen LogP contribution in [0.2, 0.25) is 0 Å². The van der Waals surface area contributed by atoms with Gasteiger partial charge in [-0.15, -0.1) is 0 Å². The van der Waals surface area contributed by atoms with Crippen molar-refractivity contribution in [2.24, 2.45) is 5.92 Å². The minimum absolute atomic E-state index is 0.00378. The molecule has 0 fully saturated rings. The van der Waals surface area contributed by atoms with E-state index in [4.69, 9.17) is 14.3 Å². The number of ether oxygens (including phenoxy) is 1. The Bertz CT molecular complexity index is 649. The van der Waals surface area contributed by atoms with Crippen LogP contribution in [-0.4, -0.2) is 38.6 Å². The first-order valence-electron chi connectivity index (χ1n) is 7.66. The molecule has 0 spiro atoms. The summed E-state index contributed by atoms with van der Waals surface area (Å²) in [6.45, 7) is 5.23. The highest BCUT2D eigenvalue weighted by atomic mass is 32.2. The normalized spacial score (nSPS) is 14.7. The van der Waals surface area contributed by atoms with E-state index < -0.39 is 33.7 Å². The number of rotatable bonds is 8. The Balaban J connectivity index is 3.12. The first-order chi connectivity index (χ1) is 11.0. The van der Waals surface area contributed by atoms with Crippen molar-refractivity contribution in [2.45, 2.75) is 45.3 Å². The molecule has 0 aliphatic rings. The first-order valence-corrected chi connectivity index (χ1v) is 9.47. The molecule has 0 heterocycles. The molecule has 0 bridgehead atoms. The van der Waals surface area contributed by atoms with Gasteiger partial charge in [-0.1, -0.05) is 30.3 Å². The predicted octanol–water partition coefficient (Wildman–Crippen LogP) is 2.57. The van der Waals surface area contributed by atoms with E-state index in [0.29, 0.717) is 0 Å². The average molecular weight is 355 g/mol. The fourth-order valence-corrected chi connectivity index (χ4v) is 2.89. The third kappa shape index (κ3) is 7.70. The van der Waals surface area contributed by atoms with Gasteiger partial charge < -0.3 is 10.1 Å². The van der Waals surface area contributed by atoms with E-state index in [9.17, 15) is 13.2 Å². The number of nitrogens with one attached hydrogen (secondary N) is 1. The molecular formula is C17H25NO5S. The molecule has 0 aliphatic heterocycles. The smallest absolute Gasteiger partial charge is 0.312 e. The third-order valence-electron chi connectivity index (χ3n) is 3.11. The maximum Gasteiger partial charge on any atom is 0.312 e. The molecule has 7 heteroatoms. The van der Waals surface area contributed by atoms with Crippen LogP contribution in [-0.2, 0) is 30.3 Å². The van der Waals surface area contributed by atoms with Crippen LogP contribution in [0.4, 0.5) is 0 Å². The van der Waals surface area contributed by atoms with Gasteiger partial charge in [0.1, 0.15) is 5.60 Å². The molecule has 0 aliphatic carbocycles. The highest BCUT2D eigenvalue weighted by molar-refractivity contribution is 7.86. The lowest BCUT2D eigenvalue weighted by Gasteiger charge is -2.28.